The van der Waals surface area contributed by atoms with E-state index in [2.05, 4.69) is 24.5 Å². The van der Waals surface area contributed by atoms with Crippen molar-refractivity contribution in [3.63, 3.8) is 0 Å². The van der Waals surface area contributed by atoms with Crippen molar-refractivity contribution in [1.82, 2.24) is 5.32 Å². The van der Waals surface area contributed by atoms with E-state index >= 15 is 0 Å². The average molecular weight is 349 g/mol. The Kier molecular flexibility index (Phi) is 6.72. The fourth-order valence-electron chi connectivity index (χ4n) is 3.16. The Balaban J connectivity index is 1.88. The average Bonchev–Trinajstić information content (AvgIpc) is 2.53. The predicted octanol–water partition coefficient (Wildman–Crippen LogP) is 4.07. The first-order valence-electron chi connectivity index (χ1n) is 8.71. The third kappa shape index (κ3) is 5.26. The number of carbonyl (C=O) groups is 2. The molecule has 0 aliphatic heterocycles. The number of carbonyl (C=O) groups excluding carboxylic acids is 2. The summed E-state index contributed by atoms with van der Waals surface area (Å²) in [5.41, 5.74) is 0.772. The van der Waals surface area contributed by atoms with Crippen LogP contribution in [0.15, 0.2) is 29.2 Å². The van der Waals surface area contributed by atoms with Crippen LogP contribution < -0.4 is 10.6 Å². The summed E-state index contributed by atoms with van der Waals surface area (Å²) in [4.78, 5) is 24.6. The second kappa shape index (κ2) is 8.56. The molecule has 24 heavy (non-hydrogen) atoms. The molecule has 1 aromatic carbocycles. The maximum atomic E-state index is 12.5. The molecule has 1 aliphatic rings. The summed E-state index contributed by atoms with van der Waals surface area (Å²) in [7, 11) is 0. The second-order valence-electron chi connectivity index (χ2n) is 6.85. The van der Waals surface area contributed by atoms with E-state index in [1.807, 2.05) is 31.2 Å². The molecule has 0 unspecified atom stereocenters. The van der Waals surface area contributed by atoms with Crippen LogP contribution >= 0.6 is 11.8 Å². The first kappa shape index (κ1) is 18.8. The molecule has 2 N–H and O–H groups in total. The summed E-state index contributed by atoms with van der Waals surface area (Å²) >= 11 is 1.55. The minimum Gasteiger partial charge on any atom is -0.352 e. The molecule has 2 rings (SSSR count). The van der Waals surface area contributed by atoms with Crippen LogP contribution in [0, 0.1) is 11.8 Å². The van der Waals surface area contributed by atoms with Crippen molar-refractivity contribution in [3.05, 3.63) is 24.3 Å². The van der Waals surface area contributed by atoms with Crippen LogP contribution in [0.3, 0.4) is 0 Å². The van der Waals surface area contributed by atoms with Crippen LogP contribution in [0.1, 0.15) is 47.0 Å². The molecular formula is C19H28N2O2S. The lowest BCUT2D eigenvalue weighted by Gasteiger charge is -2.35. The molecule has 0 spiro atoms. The largest absolute Gasteiger partial charge is 0.352 e. The van der Waals surface area contributed by atoms with Gasteiger partial charge in [-0.05, 0) is 49.4 Å². The lowest BCUT2D eigenvalue weighted by molar-refractivity contribution is -0.121. The quantitative estimate of drug-likeness (QED) is 0.789. The van der Waals surface area contributed by atoms with E-state index in [9.17, 15) is 9.59 Å². The molecule has 4 atom stereocenters. The van der Waals surface area contributed by atoms with Gasteiger partial charge in [-0.3, -0.25) is 9.59 Å². The maximum Gasteiger partial charge on any atom is 0.233 e. The van der Waals surface area contributed by atoms with Gasteiger partial charge in [0.25, 0.3) is 0 Å². The lowest BCUT2D eigenvalue weighted by atomic mass is 9.78. The summed E-state index contributed by atoms with van der Waals surface area (Å²) in [6.45, 7) is 7.95. The molecule has 2 amide bonds. The summed E-state index contributed by atoms with van der Waals surface area (Å²) < 4.78 is 0. The number of nitrogens with one attached hydrogen (secondary N) is 2. The minimum absolute atomic E-state index is 0.0843. The van der Waals surface area contributed by atoms with Gasteiger partial charge in [0.15, 0.2) is 0 Å². The van der Waals surface area contributed by atoms with Crippen molar-refractivity contribution in [2.24, 2.45) is 11.8 Å². The van der Waals surface area contributed by atoms with Crippen LogP contribution in [0.25, 0.3) is 0 Å². The lowest BCUT2D eigenvalue weighted by Crippen LogP contribution is -2.46. The molecule has 0 saturated heterocycles. The summed E-state index contributed by atoms with van der Waals surface area (Å²) in [6.07, 6.45) is 3.54. The van der Waals surface area contributed by atoms with Gasteiger partial charge in [-0.15, -0.1) is 11.8 Å². The SMILES string of the molecule is CC(=O)Nc1ccc(S[C@@H](C)C(=O)N[C@H]2CCC[C@@H](C)[C@@H]2C)cc1. The van der Waals surface area contributed by atoms with Crippen LogP contribution in [0.4, 0.5) is 5.69 Å². The molecule has 1 fully saturated rings. The van der Waals surface area contributed by atoms with Crippen molar-refractivity contribution in [3.8, 4) is 0 Å². The number of rotatable bonds is 5. The highest BCUT2D eigenvalue weighted by Gasteiger charge is 2.29. The molecular weight excluding hydrogens is 320 g/mol. The molecule has 1 saturated carbocycles. The van der Waals surface area contributed by atoms with E-state index < -0.39 is 0 Å². The van der Waals surface area contributed by atoms with Gasteiger partial charge in [0.2, 0.25) is 11.8 Å². The zero-order chi connectivity index (χ0) is 17.7. The smallest absolute Gasteiger partial charge is 0.233 e. The van der Waals surface area contributed by atoms with Crippen LogP contribution in [0.5, 0.6) is 0 Å². The first-order chi connectivity index (χ1) is 11.4. The summed E-state index contributed by atoms with van der Waals surface area (Å²) in [5.74, 6) is 1.24. The molecule has 0 heterocycles. The van der Waals surface area contributed by atoms with Gasteiger partial charge in [0, 0.05) is 23.5 Å². The van der Waals surface area contributed by atoms with Crippen LogP contribution in [0.2, 0.25) is 0 Å². The van der Waals surface area contributed by atoms with Gasteiger partial charge >= 0.3 is 0 Å². The Labute approximate surface area is 149 Å². The van der Waals surface area contributed by atoms with Gasteiger partial charge in [-0.1, -0.05) is 26.7 Å². The Morgan fingerprint density at radius 1 is 1.17 bits per heavy atom. The van der Waals surface area contributed by atoms with Crippen molar-refractivity contribution in [2.75, 3.05) is 5.32 Å². The fraction of sp³-hybridized carbons (Fsp3) is 0.579. The molecule has 1 aliphatic carbocycles. The number of amides is 2. The number of anilines is 1. The Morgan fingerprint density at radius 2 is 1.83 bits per heavy atom. The number of thioether (sulfide) groups is 1. The molecule has 0 radical (unpaired) electrons. The Bertz CT molecular complexity index is 573. The Morgan fingerprint density at radius 3 is 2.46 bits per heavy atom. The minimum atomic E-state index is -0.138. The topological polar surface area (TPSA) is 58.2 Å². The normalized spacial score (nSPS) is 24.9. The molecule has 132 valence electrons. The summed E-state index contributed by atoms with van der Waals surface area (Å²) in [5, 5.41) is 5.85. The van der Waals surface area contributed by atoms with Gasteiger partial charge in [0.05, 0.1) is 5.25 Å². The predicted molar refractivity (Wildman–Crippen MR) is 100 cm³/mol. The van der Waals surface area contributed by atoms with Crippen molar-refractivity contribution >= 4 is 29.3 Å². The van der Waals surface area contributed by atoms with Crippen molar-refractivity contribution < 1.29 is 9.59 Å². The van der Waals surface area contributed by atoms with Crippen molar-refractivity contribution in [1.29, 1.82) is 0 Å². The van der Waals surface area contributed by atoms with Crippen LogP contribution in [-0.2, 0) is 9.59 Å². The zero-order valence-electron chi connectivity index (χ0n) is 15.0. The first-order valence-corrected chi connectivity index (χ1v) is 9.59. The number of hydrogen-bond acceptors (Lipinski definition) is 3. The molecule has 5 heteroatoms. The monoisotopic (exact) mass is 348 g/mol. The van der Waals surface area contributed by atoms with Gasteiger partial charge < -0.3 is 10.6 Å². The molecule has 4 nitrogen and oxygen atoms in total. The molecule has 0 aromatic heterocycles. The highest BCUT2D eigenvalue weighted by Crippen LogP contribution is 2.30. The van der Waals surface area contributed by atoms with Crippen molar-refractivity contribution in [2.45, 2.75) is 63.1 Å². The Hall–Kier alpha value is -1.49. The van der Waals surface area contributed by atoms with Gasteiger partial charge in [0.1, 0.15) is 0 Å². The zero-order valence-corrected chi connectivity index (χ0v) is 15.8. The van der Waals surface area contributed by atoms with E-state index in [4.69, 9.17) is 0 Å². The van der Waals surface area contributed by atoms with Crippen LogP contribution in [-0.4, -0.2) is 23.1 Å². The molecule has 1 aromatic rings. The molecule has 0 bridgehead atoms. The third-order valence-corrected chi connectivity index (χ3v) is 6.00. The second-order valence-corrected chi connectivity index (χ2v) is 8.26. The highest BCUT2D eigenvalue weighted by atomic mass is 32.2. The van der Waals surface area contributed by atoms with E-state index in [-0.39, 0.29) is 17.1 Å². The van der Waals surface area contributed by atoms with Gasteiger partial charge in [-0.25, -0.2) is 0 Å². The standard InChI is InChI=1S/C19H28N2O2S/c1-12-6-5-7-18(13(12)2)21-19(23)14(3)24-17-10-8-16(9-11-17)20-15(4)22/h8-14,18H,5-7H2,1-4H3,(H,20,22)(H,21,23)/t12-,13+,14+,18+/m1/s1. The fourth-order valence-corrected chi connectivity index (χ4v) is 4.04. The number of hydrogen-bond donors (Lipinski definition) is 2. The maximum absolute atomic E-state index is 12.5. The van der Waals surface area contributed by atoms with E-state index in [1.54, 1.807) is 11.8 Å². The van der Waals surface area contributed by atoms with E-state index in [0.717, 1.165) is 17.0 Å². The van der Waals surface area contributed by atoms with E-state index in [1.165, 1.54) is 19.8 Å². The summed E-state index contributed by atoms with van der Waals surface area (Å²) in [6, 6.07) is 7.89. The third-order valence-electron chi connectivity index (χ3n) is 4.89. The number of benzene rings is 1. The highest BCUT2D eigenvalue weighted by molar-refractivity contribution is 8.00. The van der Waals surface area contributed by atoms with E-state index in [0.29, 0.717) is 17.9 Å². The van der Waals surface area contributed by atoms with Gasteiger partial charge in [-0.2, -0.15) is 0 Å².